The van der Waals surface area contributed by atoms with E-state index in [0.717, 1.165) is 6.42 Å². The van der Waals surface area contributed by atoms with E-state index in [4.69, 9.17) is 14.2 Å². The Labute approximate surface area is 165 Å². The highest BCUT2D eigenvalue weighted by atomic mass is 16.5. The number of methoxy groups -OCH3 is 1. The second-order valence-corrected chi connectivity index (χ2v) is 5.84. The van der Waals surface area contributed by atoms with Crippen molar-refractivity contribution in [3.8, 4) is 23.3 Å². The number of ether oxygens (including phenoxy) is 3. The lowest BCUT2D eigenvalue weighted by atomic mass is 10.1. The molecule has 2 aromatic carbocycles. The van der Waals surface area contributed by atoms with Gasteiger partial charge in [-0.3, -0.25) is 4.79 Å². The van der Waals surface area contributed by atoms with Crippen molar-refractivity contribution in [2.24, 2.45) is 0 Å². The minimum absolute atomic E-state index is 0.0156. The molecule has 6 nitrogen and oxygen atoms in total. The highest BCUT2D eigenvalue weighted by Gasteiger charge is 2.11. The molecule has 2 aromatic rings. The Kier molecular flexibility index (Phi) is 7.92. The van der Waals surface area contributed by atoms with E-state index < -0.39 is 5.91 Å². The number of carbonyl (C=O) groups is 1. The maximum atomic E-state index is 12.4. The number of nitrogens with zero attached hydrogens (tertiary/aromatic N) is 1. The number of hydrogen-bond donors (Lipinski definition) is 1. The first-order valence-electron chi connectivity index (χ1n) is 9.08. The van der Waals surface area contributed by atoms with E-state index in [1.54, 1.807) is 49.6 Å². The minimum Gasteiger partial charge on any atom is -0.494 e. The van der Waals surface area contributed by atoms with Crippen LogP contribution in [0.1, 0.15) is 25.8 Å². The van der Waals surface area contributed by atoms with E-state index in [1.165, 1.54) is 6.08 Å². The van der Waals surface area contributed by atoms with Crippen molar-refractivity contribution in [2.75, 3.05) is 25.6 Å². The summed E-state index contributed by atoms with van der Waals surface area (Å²) in [5, 5.41) is 12.1. The van der Waals surface area contributed by atoms with Crippen molar-refractivity contribution < 1.29 is 19.0 Å². The van der Waals surface area contributed by atoms with E-state index in [0.29, 0.717) is 41.7 Å². The van der Waals surface area contributed by atoms with Crippen molar-refractivity contribution in [3.63, 3.8) is 0 Å². The first-order valence-corrected chi connectivity index (χ1v) is 9.08. The lowest BCUT2D eigenvalue weighted by Gasteiger charge is -2.11. The highest BCUT2D eigenvalue weighted by Crippen LogP contribution is 2.29. The predicted molar refractivity (Wildman–Crippen MR) is 109 cm³/mol. The van der Waals surface area contributed by atoms with Crippen LogP contribution in [0.5, 0.6) is 17.2 Å². The Morgan fingerprint density at radius 2 is 1.86 bits per heavy atom. The molecule has 0 fully saturated rings. The molecule has 0 heterocycles. The number of carbonyl (C=O) groups excluding carboxylic acids is 1. The Morgan fingerprint density at radius 1 is 1.11 bits per heavy atom. The molecular formula is C22H24N2O4. The van der Waals surface area contributed by atoms with Gasteiger partial charge in [-0.15, -0.1) is 0 Å². The third-order valence-electron chi connectivity index (χ3n) is 3.75. The van der Waals surface area contributed by atoms with Crippen LogP contribution in [0, 0.1) is 11.3 Å². The molecule has 0 spiro atoms. The van der Waals surface area contributed by atoms with Crippen LogP contribution in [0.25, 0.3) is 6.08 Å². The molecule has 0 aliphatic heterocycles. The van der Waals surface area contributed by atoms with Gasteiger partial charge in [-0.05, 0) is 61.4 Å². The molecule has 0 aromatic heterocycles. The monoisotopic (exact) mass is 380 g/mol. The topological polar surface area (TPSA) is 80.6 Å². The van der Waals surface area contributed by atoms with Gasteiger partial charge in [0.15, 0.2) is 11.5 Å². The molecule has 0 saturated heterocycles. The molecule has 6 heteroatoms. The van der Waals surface area contributed by atoms with Gasteiger partial charge in [0.25, 0.3) is 5.91 Å². The second kappa shape index (κ2) is 10.6. The van der Waals surface area contributed by atoms with Crippen LogP contribution in [-0.2, 0) is 4.79 Å². The predicted octanol–water partition coefficient (Wildman–Crippen LogP) is 4.43. The van der Waals surface area contributed by atoms with Gasteiger partial charge >= 0.3 is 0 Å². The lowest BCUT2D eigenvalue weighted by Crippen LogP contribution is -2.13. The number of benzene rings is 2. The Balaban J connectivity index is 2.15. The molecule has 1 N–H and O–H groups in total. The maximum absolute atomic E-state index is 12.4. The summed E-state index contributed by atoms with van der Waals surface area (Å²) in [4.78, 5) is 12.4. The molecule has 2 rings (SSSR count). The van der Waals surface area contributed by atoms with Gasteiger partial charge in [0, 0.05) is 5.69 Å². The van der Waals surface area contributed by atoms with Crippen LogP contribution in [-0.4, -0.2) is 26.2 Å². The molecule has 0 atom stereocenters. The SMILES string of the molecule is CCCOc1ccc(/C=C(\C#N)C(=O)Nc2ccc(OCC)cc2)cc1OC. The fourth-order valence-corrected chi connectivity index (χ4v) is 2.42. The van der Waals surface area contributed by atoms with Gasteiger partial charge in [0.1, 0.15) is 17.4 Å². The summed E-state index contributed by atoms with van der Waals surface area (Å²) in [6.07, 6.45) is 2.39. The Hall–Kier alpha value is -3.46. The molecule has 146 valence electrons. The summed E-state index contributed by atoms with van der Waals surface area (Å²) >= 11 is 0. The second-order valence-electron chi connectivity index (χ2n) is 5.84. The maximum Gasteiger partial charge on any atom is 0.266 e. The number of nitriles is 1. The van der Waals surface area contributed by atoms with E-state index in [-0.39, 0.29) is 5.57 Å². The van der Waals surface area contributed by atoms with Crippen molar-refractivity contribution >= 4 is 17.7 Å². The van der Waals surface area contributed by atoms with E-state index >= 15 is 0 Å². The summed E-state index contributed by atoms with van der Waals surface area (Å²) in [6.45, 7) is 5.07. The summed E-state index contributed by atoms with van der Waals surface area (Å²) in [5.41, 5.74) is 1.23. The fraction of sp³-hybridized carbons (Fsp3) is 0.273. The average Bonchev–Trinajstić information content (AvgIpc) is 2.72. The number of nitrogens with one attached hydrogen (secondary N) is 1. The van der Waals surface area contributed by atoms with Crippen molar-refractivity contribution in [2.45, 2.75) is 20.3 Å². The zero-order valence-electron chi connectivity index (χ0n) is 16.3. The standard InChI is InChI=1S/C22H24N2O4/c1-4-12-28-20-11-6-16(14-21(20)26-3)13-17(15-23)22(25)24-18-7-9-19(10-8-18)27-5-2/h6-11,13-14H,4-5,12H2,1-3H3,(H,24,25)/b17-13+. The molecule has 0 aliphatic rings. The molecule has 28 heavy (non-hydrogen) atoms. The van der Waals surface area contributed by atoms with Gasteiger partial charge < -0.3 is 19.5 Å². The van der Waals surface area contributed by atoms with Crippen LogP contribution in [0.15, 0.2) is 48.0 Å². The molecule has 0 aliphatic carbocycles. The van der Waals surface area contributed by atoms with Crippen LogP contribution < -0.4 is 19.5 Å². The van der Waals surface area contributed by atoms with Crippen LogP contribution in [0.2, 0.25) is 0 Å². The normalized spacial score (nSPS) is 10.7. The smallest absolute Gasteiger partial charge is 0.266 e. The van der Waals surface area contributed by atoms with E-state index in [1.807, 2.05) is 19.9 Å². The molecule has 0 radical (unpaired) electrons. The summed E-state index contributed by atoms with van der Waals surface area (Å²) in [5.74, 6) is 1.40. The van der Waals surface area contributed by atoms with Crippen molar-refractivity contribution in [1.29, 1.82) is 5.26 Å². The van der Waals surface area contributed by atoms with E-state index in [2.05, 4.69) is 5.32 Å². The highest BCUT2D eigenvalue weighted by molar-refractivity contribution is 6.09. The van der Waals surface area contributed by atoms with Crippen molar-refractivity contribution in [1.82, 2.24) is 0 Å². The molecular weight excluding hydrogens is 356 g/mol. The fourth-order valence-electron chi connectivity index (χ4n) is 2.42. The first-order chi connectivity index (χ1) is 13.6. The summed E-state index contributed by atoms with van der Waals surface area (Å²) in [6, 6.07) is 14.2. The molecule has 0 saturated carbocycles. The zero-order valence-corrected chi connectivity index (χ0v) is 16.3. The quantitative estimate of drug-likeness (QED) is 0.514. The minimum atomic E-state index is -0.489. The molecule has 0 unspecified atom stereocenters. The number of rotatable bonds is 9. The lowest BCUT2D eigenvalue weighted by molar-refractivity contribution is -0.112. The number of amides is 1. The third kappa shape index (κ3) is 5.78. The van der Waals surface area contributed by atoms with Gasteiger partial charge in [0.2, 0.25) is 0 Å². The van der Waals surface area contributed by atoms with Gasteiger partial charge in [0.05, 0.1) is 20.3 Å². The number of anilines is 1. The van der Waals surface area contributed by atoms with Crippen LogP contribution >= 0.6 is 0 Å². The van der Waals surface area contributed by atoms with Crippen molar-refractivity contribution in [3.05, 3.63) is 53.6 Å². The zero-order chi connectivity index (χ0) is 20.4. The largest absolute Gasteiger partial charge is 0.494 e. The average molecular weight is 380 g/mol. The summed E-state index contributed by atoms with van der Waals surface area (Å²) < 4.78 is 16.3. The number of hydrogen-bond acceptors (Lipinski definition) is 5. The Morgan fingerprint density at radius 3 is 2.46 bits per heavy atom. The van der Waals surface area contributed by atoms with Gasteiger partial charge in [-0.25, -0.2) is 0 Å². The molecule has 0 bridgehead atoms. The van der Waals surface area contributed by atoms with E-state index in [9.17, 15) is 10.1 Å². The van der Waals surface area contributed by atoms with Gasteiger partial charge in [-0.1, -0.05) is 13.0 Å². The van der Waals surface area contributed by atoms with Gasteiger partial charge in [-0.2, -0.15) is 5.26 Å². The Bertz CT molecular complexity index is 867. The first kappa shape index (κ1) is 20.8. The van der Waals surface area contributed by atoms with Crippen LogP contribution in [0.3, 0.4) is 0 Å². The molecule has 1 amide bonds. The summed E-state index contributed by atoms with van der Waals surface area (Å²) in [7, 11) is 1.55. The van der Waals surface area contributed by atoms with Crippen LogP contribution in [0.4, 0.5) is 5.69 Å². The third-order valence-corrected chi connectivity index (χ3v) is 3.75.